The lowest BCUT2D eigenvalue weighted by Gasteiger charge is -2.21. The average molecular weight is 287 g/mol. The number of carbonyl (C=O) groups excluding carboxylic acids is 1. The van der Waals surface area contributed by atoms with E-state index in [1.807, 2.05) is 0 Å². The minimum absolute atomic E-state index is 0.128. The first-order valence-electron chi connectivity index (χ1n) is 6.48. The second-order valence-corrected chi connectivity index (χ2v) is 4.86. The number of nitrogens with one attached hydrogen (secondary N) is 1. The first-order valence-corrected chi connectivity index (χ1v) is 6.48. The Morgan fingerprint density at radius 3 is 2.70 bits per heavy atom. The zero-order valence-corrected chi connectivity index (χ0v) is 11.0. The summed E-state index contributed by atoms with van der Waals surface area (Å²) >= 11 is 0. The molecule has 1 aromatic rings. The van der Waals surface area contributed by atoms with Crippen molar-refractivity contribution in [1.29, 1.82) is 0 Å². The van der Waals surface area contributed by atoms with Gasteiger partial charge in [0.05, 0.1) is 23.3 Å². The topological polar surface area (TPSA) is 38.3 Å². The molecule has 0 spiro atoms. The number of alkyl halides is 3. The van der Waals surface area contributed by atoms with E-state index in [4.69, 9.17) is 4.74 Å². The van der Waals surface area contributed by atoms with Gasteiger partial charge in [0.1, 0.15) is 0 Å². The van der Waals surface area contributed by atoms with Crippen molar-refractivity contribution in [1.82, 2.24) is 5.32 Å². The van der Waals surface area contributed by atoms with Crippen LogP contribution in [0.2, 0.25) is 0 Å². The predicted molar refractivity (Wildman–Crippen MR) is 67.3 cm³/mol. The molecule has 0 unspecified atom stereocenters. The number of amides is 1. The van der Waals surface area contributed by atoms with E-state index in [0.29, 0.717) is 6.61 Å². The van der Waals surface area contributed by atoms with E-state index >= 15 is 0 Å². The van der Waals surface area contributed by atoms with Gasteiger partial charge in [-0.2, -0.15) is 13.2 Å². The fourth-order valence-corrected chi connectivity index (χ4v) is 2.30. The molecule has 0 aromatic heterocycles. The predicted octanol–water partition coefficient (Wildman–Crippen LogP) is 3.00. The maximum absolute atomic E-state index is 12.8. The van der Waals surface area contributed by atoms with Crippen LogP contribution in [0.5, 0.6) is 0 Å². The molecule has 1 saturated heterocycles. The molecule has 3 nitrogen and oxygen atoms in total. The Balaban J connectivity index is 2.13. The minimum atomic E-state index is -4.54. The van der Waals surface area contributed by atoms with Gasteiger partial charge in [-0.05, 0) is 31.9 Å². The van der Waals surface area contributed by atoms with Gasteiger partial charge in [0, 0.05) is 6.61 Å². The Hall–Kier alpha value is -1.56. The Bertz CT molecular complexity index is 482. The van der Waals surface area contributed by atoms with E-state index in [2.05, 4.69) is 5.32 Å². The van der Waals surface area contributed by atoms with E-state index in [0.717, 1.165) is 18.9 Å². The SMILES string of the molecule is C[C@@H](NC(=O)c1ccccc1C(F)(F)F)[C@@H]1CCCO1. The van der Waals surface area contributed by atoms with Crippen LogP contribution in [0.25, 0.3) is 0 Å². The third-order valence-electron chi connectivity index (χ3n) is 3.36. The number of hydrogen-bond acceptors (Lipinski definition) is 2. The Morgan fingerprint density at radius 2 is 2.10 bits per heavy atom. The highest BCUT2D eigenvalue weighted by atomic mass is 19.4. The van der Waals surface area contributed by atoms with Crippen molar-refractivity contribution in [2.45, 2.75) is 38.1 Å². The summed E-state index contributed by atoms with van der Waals surface area (Å²) in [5, 5.41) is 2.59. The monoisotopic (exact) mass is 287 g/mol. The van der Waals surface area contributed by atoms with Gasteiger partial charge in [-0.15, -0.1) is 0 Å². The summed E-state index contributed by atoms with van der Waals surface area (Å²) in [6.07, 6.45) is -2.95. The number of halogens is 3. The van der Waals surface area contributed by atoms with Crippen LogP contribution in [-0.2, 0) is 10.9 Å². The molecule has 110 valence electrons. The van der Waals surface area contributed by atoms with Crippen molar-refractivity contribution in [3.63, 3.8) is 0 Å². The molecule has 1 aliphatic heterocycles. The first-order chi connectivity index (χ1) is 9.39. The molecule has 0 saturated carbocycles. The molecular formula is C14H16F3NO2. The van der Waals surface area contributed by atoms with Crippen LogP contribution in [0.15, 0.2) is 24.3 Å². The molecule has 1 fully saturated rings. The lowest BCUT2D eigenvalue weighted by molar-refractivity contribution is -0.137. The highest BCUT2D eigenvalue weighted by Gasteiger charge is 2.35. The van der Waals surface area contributed by atoms with Crippen LogP contribution in [0.4, 0.5) is 13.2 Å². The van der Waals surface area contributed by atoms with Gasteiger partial charge in [-0.3, -0.25) is 4.79 Å². The van der Waals surface area contributed by atoms with Crippen LogP contribution in [-0.4, -0.2) is 24.7 Å². The van der Waals surface area contributed by atoms with Gasteiger partial charge in [0.25, 0.3) is 5.91 Å². The van der Waals surface area contributed by atoms with Gasteiger partial charge in [-0.25, -0.2) is 0 Å². The van der Waals surface area contributed by atoms with Gasteiger partial charge in [0.15, 0.2) is 0 Å². The summed E-state index contributed by atoms with van der Waals surface area (Å²) in [7, 11) is 0. The molecule has 1 heterocycles. The smallest absolute Gasteiger partial charge is 0.376 e. The molecule has 0 bridgehead atoms. The largest absolute Gasteiger partial charge is 0.417 e. The molecule has 1 N–H and O–H groups in total. The van der Waals surface area contributed by atoms with Crippen molar-refractivity contribution in [3.8, 4) is 0 Å². The van der Waals surface area contributed by atoms with E-state index in [-0.39, 0.29) is 17.7 Å². The summed E-state index contributed by atoms with van der Waals surface area (Å²) in [6.45, 7) is 2.37. The molecule has 2 atom stereocenters. The molecule has 1 aromatic carbocycles. The average Bonchev–Trinajstić information content (AvgIpc) is 2.91. The number of rotatable bonds is 3. The zero-order chi connectivity index (χ0) is 14.8. The van der Waals surface area contributed by atoms with Crippen LogP contribution >= 0.6 is 0 Å². The lowest BCUT2D eigenvalue weighted by Crippen LogP contribution is -2.41. The lowest BCUT2D eigenvalue weighted by atomic mass is 10.0. The number of hydrogen-bond donors (Lipinski definition) is 1. The van der Waals surface area contributed by atoms with Crippen molar-refractivity contribution in [2.75, 3.05) is 6.61 Å². The Labute approximate surface area is 115 Å². The third kappa shape index (κ3) is 3.30. The molecule has 0 radical (unpaired) electrons. The number of carbonyl (C=O) groups is 1. The van der Waals surface area contributed by atoms with Crippen LogP contribution in [0, 0.1) is 0 Å². The highest BCUT2D eigenvalue weighted by Crippen LogP contribution is 2.31. The van der Waals surface area contributed by atoms with E-state index < -0.39 is 17.6 Å². The highest BCUT2D eigenvalue weighted by molar-refractivity contribution is 5.96. The standard InChI is InChI=1S/C14H16F3NO2/c1-9(12-7-4-8-20-12)18-13(19)10-5-2-3-6-11(10)14(15,16)17/h2-3,5-6,9,12H,4,7-8H2,1H3,(H,18,19)/t9-,12+/m1/s1. The Kier molecular flexibility index (Phi) is 4.32. The molecule has 1 amide bonds. The van der Waals surface area contributed by atoms with Crippen molar-refractivity contribution in [2.24, 2.45) is 0 Å². The van der Waals surface area contributed by atoms with Gasteiger partial charge in [0.2, 0.25) is 0 Å². The summed E-state index contributed by atoms with van der Waals surface area (Å²) in [6, 6.07) is 4.46. The van der Waals surface area contributed by atoms with Gasteiger partial charge >= 0.3 is 6.18 Å². The maximum Gasteiger partial charge on any atom is 0.417 e. The fraction of sp³-hybridized carbons (Fsp3) is 0.500. The third-order valence-corrected chi connectivity index (χ3v) is 3.36. The van der Waals surface area contributed by atoms with Gasteiger partial charge < -0.3 is 10.1 Å². The Morgan fingerprint density at radius 1 is 1.40 bits per heavy atom. The number of benzene rings is 1. The number of ether oxygens (including phenoxy) is 1. The quantitative estimate of drug-likeness (QED) is 0.928. The summed E-state index contributed by atoms with van der Waals surface area (Å²) < 4.78 is 43.9. The minimum Gasteiger partial charge on any atom is -0.376 e. The van der Waals surface area contributed by atoms with Crippen molar-refractivity contribution < 1.29 is 22.7 Å². The van der Waals surface area contributed by atoms with Crippen LogP contribution in [0.1, 0.15) is 35.7 Å². The first kappa shape index (κ1) is 14.8. The van der Waals surface area contributed by atoms with E-state index in [9.17, 15) is 18.0 Å². The van der Waals surface area contributed by atoms with Gasteiger partial charge in [-0.1, -0.05) is 12.1 Å². The second-order valence-electron chi connectivity index (χ2n) is 4.86. The summed E-state index contributed by atoms with van der Waals surface area (Å²) in [4.78, 5) is 12.0. The van der Waals surface area contributed by atoms with Crippen molar-refractivity contribution in [3.05, 3.63) is 35.4 Å². The maximum atomic E-state index is 12.8. The molecular weight excluding hydrogens is 271 g/mol. The zero-order valence-electron chi connectivity index (χ0n) is 11.0. The second kappa shape index (κ2) is 5.83. The normalized spacial score (nSPS) is 20.7. The molecule has 1 aliphatic rings. The van der Waals surface area contributed by atoms with Crippen molar-refractivity contribution >= 4 is 5.91 Å². The summed E-state index contributed by atoms with van der Waals surface area (Å²) in [5.41, 5.74) is -1.28. The molecule has 20 heavy (non-hydrogen) atoms. The fourth-order valence-electron chi connectivity index (χ4n) is 2.30. The summed E-state index contributed by atoms with van der Waals surface area (Å²) in [5.74, 6) is -0.721. The van der Waals surface area contributed by atoms with Crippen LogP contribution < -0.4 is 5.32 Å². The molecule has 6 heteroatoms. The van der Waals surface area contributed by atoms with Crippen LogP contribution in [0.3, 0.4) is 0 Å². The van der Waals surface area contributed by atoms with E-state index in [1.54, 1.807) is 6.92 Å². The molecule has 0 aliphatic carbocycles. The van der Waals surface area contributed by atoms with E-state index in [1.165, 1.54) is 18.2 Å². The molecule has 2 rings (SSSR count).